The Hall–Kier alpha value is -6.18. The number of nitrogens with zero attached hydrogens (tertiary/aromatic N) is 1. The average Bonchev–Trinajstić information content (AvgIpc) is 3.57. The summed E-state index contributed by atoms with van der Waals surface area (Å²) in [4.78, 5) is 2.60. The fraction of sp³-hybridized carbons (Fsp3) is 0.115. The topological polar surface area (TPSA) is 3.24 Å². The van der Waals surface area contributed by atoms with Gasteiger partial charge < -0.3 is 4.90 Å². The molecule has 0 bridgehead atoms. The van der Waals surface area contributed by atoms with E-state index in [0.29, 0.717) is 0 Å². The Morgan fingerprint density at radius 3 is 1.47 bits per heavy atom. The van der Waals surface area contributed by atoms with Crippen LogP contribution in [0.5, 0.6) is 0 Å². The van der Waals surface area contributed by atoms with E-state index in [-0.39, 0.29) is 10.8 Å². The standard InChI is InChI=1S/C52H39N/c1-51(2)43-30-34-18-10-13-23-38(34)50(47(43)42-29-27-33-17-9-12-22-37(33)49(42)51)53(35-19-6-5-7-20-35)45-31-44-46(40-25-15-14-24-39(40)45)41-28-26-32-16-8-11-21-36(32)48(41)52(44,3)4/h5-31H,1-4H3. The Morgan fingerprint density at radius 2 is 0.849 bits per heavy atom. The molecule has 1 heteroatoms. The summed E-state index contributed by atoms with van der Waals surface area (Å²) >= 11 is 0. The van der Waals surface area contributed by atoms with Crippen LogP contribution in [0.4, 0.5) is 17.1 Å². The minimum atomic E-state index is -0.207. The molecule has 0 fully saturated rings. The van der Waals surface area contributed by atoms with Gasteiger partial charge in [0.25, 0.3) is 0 Å². The highest BCUT2D eigenvalue weighted by molar-refractivity contribution is 6.17. The van der Waals surface area contributed by atoms with Crippen LogP contribution >= 0.6 is 0 Å². The van der Waals surface area contributed by atoms with Crippen LogP contribution in [-0.4, -0.2) is 0 Å². The van der Waals surface area contributed by atoms with Crippen LogP contribution in [-0.2, 0) is 10.8 Å². The third kappa shape index (κ3) is 4.03. The maximum atomic E-state index is 2.60. The summed E-state index contributed by atoms with van der Waals surface area (Å²) in [5, 5.41) is 10.3. The van der Waals surface area contributed by atoms with E-state index in [1.807, 2.05) is 0 Å². The van der Waals surface area contributed by atoms with Crippen molar-refractivity contribution in [3.63, 3.8) is 0 Å². The van der Waals surface area contributed by atoms with Crippen molar-refractivity contribution in [2.75, 3.05) is 4.90 Å². The fourth-order valence-electron chi connectivity index (χ4n) is 10.2. The van der Waals surface area contributed by atoms with E-state index in [9.17, 15) is 0 Å². The van der Waals surface area contributed by atoms with E-state index in [1.54, 1.807) is 0 Å². The summed E-state index contributed by atoms with van der Waals surface area (Å²) in [6, 6.07) is 61.4. The zero-order valence-electron chi connectivity index (χ0n) is 30.5. The second-order valence-corrected chi connectivity index (χ2v) is 16.1. The van der Waals surface area contributed by atoms with Crippen LogP contribution in [0.15, 0.2) is 164 Å². The zero-order chi connectivity index (χ0) is 35.6. The van der Waals surface area contributed by atoms with E-state index in [2.05, 4.69) is 196 Å². The first-order chi connectivity index (χ1) is 25.8. The largest absolute Gasteiger partial charge is 0.309 e. The maximum absolute atomic E-state index is 2.60. The molecule has 1 nitrogen and oxygen atoms in total. The number of para-hydroxylation sites is 1. The van der Waals surface area contributed by atoms with Crippen LogP contribution < -0.4 is 4.90 Å². The van der Waals surface area contributed by atoms with E-state index in [4.69, 9.17) is 0 Å². The highest BCUT2D eigenvalue weighted by Crippen LogP contribution is 2.60. The second kappa shape index (κ2) is 10.7. The van der Waals surface area contributed by atoms with Gasteiger partial charge in [0.15, 0.2) is 0 Å². The minimum absolute atomic E-state index is 0.197. The van der Waals surface area contributed by atoms with E-state index in [1.165, 1.54) is 99.0 Å². The second-order valence-electron chi connectivity index (χ2n) is 16.1. The number of benzene rings is 9. The van der Waals surface area contributed by atoms with Gasteiger partial charge in [0.05, 0.1) is 11.4 Å². The van der Waals surface area contributed by atoms with Gasteiger partial charge in [-0.15, -0.1) is 0 Å². The third-order valence-electron chi connectivity index (χ3n) is 12.5. The van der Waals surface area contributed by atoms with Gasteiger partial charge in [0.1, 0.15) is 0 Å². The predicted molar refractivity (Wildman–Crippen MR) is 226 cm³/mol. The normalized spacial score (nSPS) is 14.7. The third-order valence-corrected chi connectivity index (χ3v) is 12.5. The van der Waals surface area contributed by atoms with Crippen molar-refractivity contribution in [3.8, 4) is 22.3 Å². The molecule has 0 saturated carbocycles. The van der Waals surface area contributed by atoms with Crippen molar-refractivity contribution in [1.82, 2.24) is 0 Å². The summed E-state index contributed by atoms with van der Waals surface area (Å²) in [5.41, 5.74) is 14.2. The summed E-state index contributed by atoms with van der Waals surface area (Å²) in [6.45, 7) is 9.69. The number of anilines is 3. The smallest absolute Gasteiger partial charge is 0.0621 e. The molecule has 9 aromatic rings. The molecule has 0 aliphatic heterocycles. The quantitative estimate of drug-likeness (QED) is 0.180. The van der Waals surface area contributed by atoms with Crippen molar-refractivity contribution in [2.45, 2.75) is 38.5 Å². The highest BCUT2D eigenvalue weighted by Gasteiger charge is 2.42. The Bertz CT molecular complexity index is 3000. The van der Waals surface area contributed by atoms with Crippen molar-refractivity contribution >= 4 is 60.2 Å². The van der Waals surface area contributed by atoms with Crippen LogP contribution in [0.2, 0.25) is 0 Å². The molecular weight excluding hydrogens is 639 g/mol. The van der Waals surface area contributed by atoms with Crippen molar-refractivity contribution in [1.29, 1.82) is 0 Å². The van der Waals surface area contributed by atoms with Crippen LogP contribution in [0, 0.1) is 0 Å². The molecule has 11 rings (SSSR count). The summed E-state index contributed by atoms with van der Waals surface area (Å²) in [7, 11) is 0. The molecule has 0 radical (unpaired) electrons. The van der Waals surface area contributed by atoms with Gasteiger partial charge in [0.2, 0.25) is 0 Å². The first-order valence-corrected chi connectivity index (χ1v) is 18.9. The van der Waals surface area contributed by atoms with E-state index in [0.717, 1.165) is 5.69 Å². The molecule has 0 atom stereocenters. The number of rotatable bonds is 3. The summed E-state index contributed by atoms with van der Waals surface area (Å²) < 4.78 is 0. The number of fused-ring (bicyclic) bond motifs is 13. The van der Waals surface area contributed by atoms with Gasteiger partial charge in [-0.25, -0.2) is 0 Å². The summed E-state index contributed by atoms with van der Waals surface area (Å²) in [6.07, 6.45) is 0. The first-order valence-electron chi connectivity index (χ1n) is 18.9. The summed E-state index contributed by atoms with van der Waals surface area (Å²) in [5.74, 6) is 0. The SMILES string of the molecule is CC1(C)c2cc3ccccc3c(N(c3ccccc3)c3cc4c(c5ccccc35)-c3ccc5ccccc5c3C4(C)C)c2-c2ccc3ccccc3c21. The van der Waals surface area contributed by atoms with E-state index >= 15 is 0 Å². The van der Waals surface area contributed by atoms with Gasteiger partial charge >= 0.3 is 0 Å². The van der Waals surface area contributed by atoms with Crippen LogP contribution in [0.3, 0.4) is 0 Å². The molecule has 0 amide bonds. The van der Waals surface area contributed by atoms with Crippen molar-refractivity contribution in [2.24, 2.45) is 0 Å². The monoisotopic (exact) mass is 677 g/mol. The molecule has 0 spiro atoms. The van der Waals surface area contributed by atoms with Crippen LogP contribution in [0.1, 0.15) is 49.9 Å². The molecule has 53 heavy (non-hydrogen) atoms. The lowest BCUT2D eigenvalue weighted by atomic mass is 9.79. The van der Waals surface area contributed by atoms with Gasteiger partial charge in [-0.3, -0.25) is 0 Å². The van der Waals surface area contributed by atoms with Gasteiger partial charge in [-0.05, 0) is 95.5 Å². The molecule has 0 heterocycles. The highest BCUT2D eigenvalue weighted by atomic mass is 15.1. The molecule has 0 aromatic heterocycles. The van der Waals surface area contributed by atoms with Gasteiger partial charge in [-0.2, -0.15) is 0 Å². The molecule has 252 valence electrons. The Balaban J connectivity index is 1.29. The maximum Gasteiger partial charge on any atom is 0.0621 e. The Morgan fingerprint density at radius 1 is 0.377 bits per heavy atom. The molecular formula is C52H39N. The Kier molecular flexibility index (Phi) is 6.14. The van der Waals surface area contributed by atoms with Gasteiger partial charge in [0, 0.05) is 32.9 Å². The number of hydrogen-bond donors (Lipinski definition) is 0. The molecule has 0 saturated heterocycles. The Labute approximate surface area is 310 Å². The lowest BCUT2D eigenvalue weighted by Crippen LogP contribution is -2.18. The lowest BCUT2D eigenvalue weighted by Gasteiger charge is -2.33. The lowest BCUT2D eigenvalue weighted by molar-refractivity contribution is 0.666. The molecule has 0 N–H and O–H groups in total. The zero-order valence-corrected chi connectivity index (χ0v) is 30.5. The molecule has 9 aromatic carbocycles. The number of hydrogen-bond acceptors (Lipinski definition) is 1. The molecule has 2 aliphatic carbocycles. The predicted octanol–water partition coefficient (Wildman–Crippen LogP) is 14.4. The average molecular weight is 678 g/mol. The first kappa shape index (κ1) is 30.4. The minimum Gasteiger partial charge on any atom is -0.309 e. The van der Waals surface area contributed by atoms with Crippen LogP contribution in [0.25, 0.3) is 65.3 Å². The van der Waals surface area contributed by atoms with Gasteiger partial charge in [-0.1, -0.05) is 167 Å². The fourth-order valence-corrected chi connectivity index (χ4v) is 10.2. The molecule has 2 aliphatic rings. The van der Waals surface area contributed by atoms with E-state index < -0.39 is 0 Å². The van der Waals surface area contributed by atoms with Crippen molar-refractivity contribution < 1.29 is 0 Å². The van der Waals surface area contributed by atoms with Crippen molar-refractivity contribution in [3.05, 3.63) is 186 Å². The molecule has 0 unspecified atom stereocenters.